The predicted octanol–water partition coefficient (Wildman–Crippen LogP) is 4.47. The van der Waals surface area contributed by atoms with Gasteiger partial charge in [-0.1, -0.05) is 27.5 Å². The number of nitrogens with zero attached hydrogens (tertiary/aromatic N) is 2. The van der Waals surface area contributed by atoms with Gasteiger partial charge < -0.3 is 4.90 Å². The third-order valence-electron chi connectivity index (χ3n) is 4.03. The number of likely N-dealkylation sites (tertiary alicyclic amines) is 1. The fraction of sp³-hybridized carbons (Fsp3) is 0.222. The minimum atomic E-state index is -0.557. The Balaban J connectivity index is 1.95. The van der Waals surface area contributed by atoms with Crippen molar-refractivity contribution >= 4 is 45.0 Å². The van der Waals surface area contributed by atoms with Crippen molar-refractivity contribution in [1.29, 1.82) is 0 Å². The van der Waals surface area contributed by atoms with Crippen molar-refractivity contribution in [3.63, 3.8) is 0 Å². The van der Waals surface area contributed by atoms with E-state index in [1.807, 2.05) is 0 Å². The molecule has 2 aromatic rings. The Morgan fingerprint density at radius 2 is 1.96 bits per heavy atom. The summed E-state index contributed by atoms with van der Waals surface area (Å²) in [7, 11) is 0. The number of hydrogen-bond acceptors (Lipinski definition) is 2. The van der Waals surface area contributed by atoms with Gasteiger partial charge in [0, 0.05) is 28.7 Å². The number of halogens is 3. The highest BCUT2D eigenvalue weighted by molar-refractivity contribution is 9.10. The fourth-order valence-corrected chi connectivity index (χ4v) is 3.13. The second kappa shape index (κ2) is 7.54. The molecule has 0 unspecified atom stereocenters. The molecule has 0 aliphatic carbocycles. The molecule has 0 radical (unpaired) electrons. The van der Waals surface area contributed by atoms with Gasteiger partial charge in [0.25, 0.3) is 5.91 Å². The lowest BCUT2D eigenvalue weighted by Crippen LogP contribution is -2.42. The van der Waals surface area contributed by atoms with Gasteiger partial charge in [-0.2, -0.15) is 0 Å². The third-order valence-corrected chi connectivity index (χ3v) is 4.85. The van der Waals surface area contributed by atoms with Gasteiger partial charge in [-0.15, -0.1) is 0 Å². The first kappa shape index (κ1) is 17.9. The highest BCUT2D eigenvalue weighted by Crippen LogP contribution is 2.25. The molecule has 2 aromatic carbocycles. The van der Waals surface area contributed by atoms with Gasteiger partial charge >= 0.3 is 0 Å². The first-order valence-corrected chi connectivity index (χ1v) is 8.93. The van der Waals surface area contributed by atoms with Gasteiger partial charge in [0.05, 0.1) is 5.02 Å². The van der Waals surface area contributed by atoms with E-state index in [2.05, 4.69) is 15.9 Å². The zero-order valence-electron chi connectivity index (χ0n) is 13.2. The topological polar surface area (TPSA) is 40.6 Å². The molecule has 25 heavy (non-hydrogen) atoms. The summed E-state index contributed by atoms with van der Waals surface area (Å²) >= 11 is 9.21. The van der Waals surface area contributed by atoms with E-state index < -0.39 is 5.82 Å². The fourth-order valence-electron chi connectivity index (χ4n) is 2.69. The Kier molecular flexibility index (Phi) is 5.39. The van der Waals surface area contributed by atoms with Crippen LogP contribution in [0.1, 0.15) is 23.2 Å². The van der Waals surface area contributed by atoms with E-state index in [4.69, 9.17) is 11.6 Å². The van der Waals surface area contributed by atoms with Crippen LogP contribution in [-0.4, -0.2) is 29.9 Å². The summed E-state index contributed by atoms with van der Waals surface area (Å²) in [5.74, 6) is -0.838. The summed E-state index contributed by atoms with van der Waals surface area (Å²) in [5.41, 5.74) is 0.911. The zero-order chi connectivity index (χ0) is 18.0. The van der Waals surface area contributed by atoms with Crippen molar-refractivity contribution < 1.29 is 14.0 Å². The highest BCUT2D eigenvalue weighted by atomic mass is 79.9. The van der Waals surface area contributed by atoms with E-state index in [1.54, 1.807) is 29.2 Å². The smallest absolute Gasteiger partial charge is 0.259 e. The molecule has 1 fully saturated rings. The van der Waals surface area contributed by atoms with E-state index >= 15 is 0 Å². The van der Waals surface area contributed by atoms with Gasteiger partial charge in [-0.3, -0.25) is 14.5 Å². The number of anilines is 1. The van der Waals surface area contributed by atoms with E-state index in [9.17, 15) is 14.0 Å². The van der Waals surface area contributed by atoms with Crippen LogP contribution in [0.2, 0.25) is 5.02 Å². The number of hydrogen-bond donors (Lipinski definition) is 0. The Bertz CT molecular complexity index is 813. The molecular formula is C18H15BrClFN2O2. The first-order valence-electron chi connectivity index (χ1n) is 7.76. The van der Waals surface area contributed by atoms with Crippen LogP contribution in [0.3, 0.4) is 0 Å². The van der Waals surface area contributed by atoms with Gasteiger partial charge in [0.1, 0.15) is 12.5 Å². The molecule has 1 heterocycles. The average molecular weight is 426 g/mol. The molecule has 0 atom stereocenters. The Hall–Kier alpha value is -1.92. The molecule has 0 bridgehead atoms. The highest BCUT2D eigenvalue weighted by Gasteiger charge is 2.26. The number of carbonyl (C=O) groups is 2. The summed E-state index contributed by atoms with van der Waals surface area (Å²) in [6.07, 6.45) is 1.24. The zero-order valence-corrected chi connectivity index (χ0v) is 15.6. The lowest BCUT2D eigenvalue weighted by atomic mass is 10.2. The van der Waals surface area contributed by atoms with Crippen molar-refractivity contribution in [2.24, 2.45) is 0 Å². The van der Waals surface area contributed by atoms with Crippen LogP contribution in [0.4, 0.5) is 10.1 Å². The van der Waals surface area contributed by atoms with Crippen LogP contribution in [0, 0.1) is 5.82 Å². The van der Waals surface area contributed by atoms with Gasteiger partial charge in [-0.05, 0) is 48.9 Å². The van der Waals surface area contributed by atoms with Gasteiger partial charge in [0.2, 0.25) is 5.91 Å². The summed E-state index contributed by atoms with van der Waals surface area (Å²) in [4.78, 5) is 28.0. The minimum absolute atomic E-state index is 0.00168. The molecule has 1 aliphatic heterocycles. The second-order valence-corrected chi connectivity index (χ2v) is 7.06. The summed E-state index contributed by atoms with van der Waals surface area (Å²) in [6, 6.07) is 11.0. The molecular weight excluding hydrogens is 411 g/mol. The van der Waals surface area contributed by atoms with E-state index in [0.29, 0.717) is 24.2 Å². The van der Waals surface area contributed by atoms with Gasteiger partial charge in [0.15, 0.2) is 0 Å². The number of benzene rings is 2. The summed E-state index contributed by atoms with van der Waals surface area (Å²) < 4.78 is 14.3. The molecule has 3 rings (SSSR count). The van der Waals surface area contributed by atoms with Crippen LogP contribution < -0.4 is 4.90 Å². The predicted molar refractivity (Wildman–Crippen MR) is 98.2 cm³/mol. The van der Waals surface area contributed by atoms with Crippen LogP contribution in [0.15, 0.2) is 46.9 Å². The molecule has 0 spiro atoms. The maximum absolute atomic E-state index is 13.5. The molecule has 0 saturated carbocycles. The Morgan fingerprint density at radius 3 is 2.56 bits per heavy atom. The van der Waals surface area contributed by atoms with E-state index in [-0.39, 0.29) is 23.5 Å². The minimum Gasteiger partial charge on any atom is -0.324 e. The van der Waals surface area contributed by atoms with Crippen LogP contribution in [0.5, 0.6) is 0 Å². The standard InChI is InChI=1S/C18H15BrClFN2O2/c19-13-5-3-12(4-6-13)18(25)23(11-22-9-1-2-17(22)24)14-7-8-16(21)15(20)10-14/h3-8,10H,1-2,9,11H2. The molecule has 0 N–H and O–H groups in total. The Labute approximate surface area is 158 Å². The van der Waals surface area contributed by atoms with Crippen molar-refractivity contribution in [2.45, 2.75) is 12.8 Å². The van der Waals surface area contributed by atoms with Crippen molar-refractivity contribution in [3.8, 4) is 0 Å². The maximum atomic E-state index is 13.5. The lowest BCUT2D eigenvalue weighted by molar-refractivity contribution is -0.127. The van der Waals surface area contributed by atoms with Crippen molar-refractivity contribution in [3.05, 3.63) is 63.3 Å². The summed E-state index contributed by atoms with van der Waals surface area (Å²) in [5, 5.41) is -0.0705. The molecule has 7 heteroatoms. The van der Waals surface area contributed by atoms with Crippen LogP contribution in [0.25, 0.3) is 0 Å². The number of carbonyl (C=O) groups excluding carboxylic acids is 2. The van der Waals surface area contributed by atoms with Gasteiger partial charge in [-0.25, -0.2) is 4.39 Å². The molecule has 1 saturated heterocycles. The monoisotopic (exact) mass is 424 g/mol. The largest absolute Gasteiger partial charge is 0.324 e. The van der Waals surface area contributed by atoms with E-state index in [0.717, 1.165) is 10.9 Å². The van der Waals surface area contributed by atoms with Crippen molar-refractivity contribution in [1.82, 2.24) is 4.90 Å². The molecule has 0 aromatic heterocycles. The third kappa shape index (κ3) is 4.02. The molecule has 4 nitrogen and oxygen atoms in total. The summed E-state index contributed by atoms with van der Waals surface area (Å²) in [6.45, 7) is 0.702. The molecule has 1 aliphatic rings. The maximum Gasteiger partial charge on any atom is 0.259 e. The first-order chi connectivity index (χ1) is 12.0. The van der Waals surface area contributed by atoms with E-state index in [1.165, 1.54) is 23.1 Å². The quantitative estimate of drug-likeness (QED) is 0.725. The second-order valence-electron chi connectivity index (χ2n) is 5.74. The molecule has 130 valence electrons. The molecule has 2 amide bonds. The number of rotatable bonds is 4. The average Bonchev–Trinajstić information content (AvgIpc) is 3.00. The lowest BCUT2D eigenvalue weighted by Gasteiger charge is -2.28. The van der Waals surface area contributed by atoms with Crippen molar-refractivity contribution in [2.75, 3.05) is 18.1 Å². The Morgan fingerprint density at radius 1 is 1.24 bits per heavy atom. The normalized spacial score (nSPS) is 14.0. The number of amides is 2. The van der Waals surface area contributed by atoms with Crippen LogP contribution in [-0.2, 0) is 4.79 Å². The SMILES string of the molecule is O=C1CCCN1CN(C(=O)c1ccc(Br)cc1)c1ccc(F)c(Cl)c1. The van der Waals surface area contributed by atoms with Crippen LogP contribution >= 0.6 is 27.5 Å².